The number of nitrogens with one attached hydrogen (secondary N) is 2. The average Bonchev–Trinajstić information content (AvgIpc) is 2.96. The summed E-state index contributed by atoms with van der Waals surface area (Å²) in [5, 5.41) is 59.2. The van der Waals surface area contributed by atoms with Crippen molar-refractivity contribution in [2.45, 2.75) is 124 Å². The second-order valence-electron chi connectivity index (χ2n) is 12.7. The van der Waals surface area contributed by atoms with Crippen molar-refractivity contribution in [3.05, 3.63) is 0 Å². The zero-order valence-electron chi connectivity index (χ0n) is 24.6. The van der Waals surface area contributed by atoms with E-state index in [0.717, 1.165) is 32.2 Å². The first-order chi connectivity index (χ1) is 20.5. The van der Waals surface area contributed by atoms with E-state index in [1.807, 2.05) is 0 Å². The monoisotopic (exact) mass is 619 g/mol. The number of amides is 1. The van der Waals surface area contributed by atoms with Crippen LogP contribution in [0.3, 0.4) is 0 Å². The number of ether oxygens (including phenoxy) is 3. The third kappa shape index (κ3) is 8.01. The van der Waals surface area contributed by atoms with Crippen molar-refractivity contribution >= 4 is 5.91 Å². The van der Waals surface area contributed by atoms with Crippen molar-refractivity contribution in [3.63, 3.8) is 0 Å². The van der Waals surface area contributed by atoms with Crippen LogP contribution in [-0.2, 0) is 19.0 Å². The molecule has 14 atom stereocenters. The molecule has 17 N–H and O–H groups in total. The third-order valence-corrected chi connectivity index (χ3v) is 9.58. The van der Waals surface area contributed by atoms with Gasteiger partial charge in [0.05, 0.1) is 37.0 Å². The number of hydrogen-bond acceptors (Lipinski definition) is 15. The summed E-state index contributed by atoms with van der Waals surface area (Å²) in [7, 11) is 0. The van der Waals surface area contributed by atoms with Gasteiger partial charge in [0.1, 0.15) is 30.5 Å². The van der Waals surface area contributed by atoms with Crippen LogP contribution in [0.1, 0.15) is 38.5 Å². The van der Waals surface area contributed by atoms with Crippen LogP contribution >= 0.6 is 0 Å². The zero-order valence-corrected chi connectivity index (χ0v) is 24.6. The first-order valence-electron chi connectivity index (χ1n) is 15.5. The number of carbonyl (C=O) groups excluding carboxylic acids is 1. The number of carbonyl (C=O) groups is 1. The predicted molar refractivity (Wildman–Crippen MR) is 154 cm³/mol. The van der Waals surface area contributed by atoms with E-state index < -0.39 is 85.6 Å². The lowest BCUT2D eigenvalue weighted by atomic mass is 9.71. The van der Waals surface area contributed by atoms with E-state index in [9.17, 15) is 30.3 Å². The molecule has 2 aliphatic heterocycles. The number of aliphatic hydroxyl groups is 5. The van der Waals surface area contributed by atoms with Crippen molar-refractivity contribution in [1.29, 1.82) is 0 Å². The first kappa shape index (κ1) is 34.8. The number of aliphatic hydroxyl groups excluding tert-OH is 5. The van der Waals surface area contributed by atoms with Gasteiger partial charge in [-0.2, -0.15) is 0 Å². The molecule has 16 heteroatoms. The maximum Gasteiger partial charge on any atom is 0.249 e. The lowest BCUT2D eigenvalue weighted by Gasteiger charge is -2.51. The maximum atomic E-state index is 12.8. The molecule has 250 valence electrons. The molecule has 0 aromatic rings. The summed E-state index contributed by atoms with van der Waals surface area (Å²) < 4.78 is 18.2. The maximum absolute atomic E-state index is 12.8. The van der Waals surface area contributed by atoms with Gasteiger partial charge in [-0.15, -0.1) is 0 Å². The fourth-order valence-corrected chi connectivity index (χ4v) is 6.94. The minimum atomic E-state index is -1.52. The van der Waals surface area contributed by atoms with E-state index in [0.29, 0.717) is 12.5 Å². The van der Waals surface area contributed by atoms with Gasteiger partial charge in [-0.05, 0) is 57.5 Å². The van der Waals surface area contributed by atoms with Crippen molar-refractivity contribution < 1.29 is 44.5 Å². The molecule has 2 saturated heterocycles. The second kappa shape index (κ2) is 15.5. The van der Waals surface area contributed by atoms with Gasteiger partial charge in [0.15, 0.2) is 6.29 Å². The molecule has 4 aliphatic rings. The molecular formula is C27H53N7O9. The highest BCUT2D eigenvalue weighted by Gasteiger charge is 2.53. The Bertz CT molecular complexity index is 888. The molecule has 4 fully saturated rings. The molecule has 0 radical (unpaired) electrons. The first-order valence-corrected chi connectivity index (χ1v) is 15.5. The van der Waals surface area contributed by atoms with Crippen LogP contribution in [0.15, 0.2) is 0 Å². The Kier molecular flexibility index (Phi) is 12.5. The topological polar surface area (TPSA) is 300 Å². The predicted octanol–water partition coefficient (Wildman–Crippen LogP) is -5.76. The Hall–Kier alpha value is -1.09. The van der Waals surface area contributed by atoms with Crippen LogP contribution < -0.4 is 39.3 Å². The highest BCUT2D eigenvalue weighted by molar-refractivity contribution is 5.80. The number of hydrogen-bond donors (Lipinski definition) is 12. The lowest BCUT2D eigenvalue weighted by molar-refractivity contribution is -0.306. The molecular weight excluding hydrogens is 566 g/mol. The highest BCUT2D eigenvalue weighted by Crippen LogP contribution is 2.37. The lowest BCUT2D eigenvalue weighted by Crippen LogP contribution is -2.69. The molecule has 2 heterocycles. The molecule has 16 nitrogen and oxygen atoms in total. The summed E-state index contributed by atoms with van der Waals surface area (Å²) >= 11 is 0. The molecule has 1 unspecified atom stereocenters. The Balaban J connectivity index is 1.58. The Morgan fingerprint density at radius 3 is 2.33 bits per heavy atom. The minimum Gasteiger partial charge on any atom is -0.394 e. The third-order valence-electron chi connectivity index (χ3n) is 9.58. The normalized spacial score (nSPS) is 46.1. The fraction of sp³-hybridized carbons (Fsp3) is 0.963. The molecule has 0 spiro atoms. The fourth-order valence-electron chi connectivity index (χ4n) is 6.94. The van der Waals surface area contributed by atoms with E-state index >= 15 is 0 Å². The van der Waals surface area contributed by atoms with Gasteiger partial charge >= 0.3 is 0 Å². The quantitative estimate of drug-likeness (QED) is 0.0968. The Morgan fingerprint density at radius 1 is 0.977 bits per heavy atom. The Labute approximate surface area is 251 Å². The minimum absolute atomic E-state index is 0.0202. The highest BCUT2D eigenvalue weighted by atomic mass is 16.7. The van der Waals surface area contributed by atoms with Crippen molar-refractivity contribution in [2.24, 2.45) is 40.5 Å². The molecule has 43 heavy (non-hydrogen) atoms. The van der Waals surface area contributed by atoms with Gasteiger partial charge < -0.3 is 79.0 Å². The van der Waals surface area contributed by atoms with Crippen molar-refractivity contribution in [1.82, 2.24) is 10.6 Å². The van der Waals surface area contributed by atoms with E-state index in [1.54, 1.807) is 0 Å². The van der Waals surface area contributed by atoms with Gasteiger partial charge in [-0.25, -0.2) is 0 Å². The Morgan fingerprint density at radius 2 is 1.70 bits per heavy atom. The molecule has 0 aromatic heterocycles. The summed E-state index contributed by atoms with van der Waals surface area (Å²) in [4.78, 5) is 12.8. The van der Waals surface area contributed by atoms with E-state index in [2.05, 4.69) is 10.6 Å². The second-order valence-corrected chi connectivity index (χ2v) is 12.7. The number of rotatable bonds is 12. The molecule has 2 aliphatic carbocycles. The largest absolute Gasteiger partial charge is 0.394 e. The molecule has 4 rings (SSSR count). The average molecular weight is 620 g/mol. The van der Waals surface area contributed by atoms with Gasteiger partial charge in [-0.3, -0.25) is 4.79 Å². The van der Waals surface area contributed by atoms with Gasteiger partial charge in [0.2, 0.25) is 5.91 Å². The van der Waals surface area contributed by atoms with Gasteiger partial charge in [-0.1, -0.05) is 0 Å². The van der Waals surface area contributed by atoms with Gasteiger partial charge in [0.25, 0.3) is 0 Å². The van der Waals surface area contributed by atoms with Crippen LogP contribution in [0, 0.1) is 11.8 Å². The summed E-state index contributed by atoms with van der Waals surface area (Å²) in [6.07, 6.45) is -6.72. The van der Waals surface area contributed by atoms with Gasteiger partial charge in [0, 0.05) is 30.6 Å². The van der Waals surface area contributed by atoms with Crippen molar-refractivity contribution in [3.8, 4) is 0 Å². The zero-order chi connectivity index (χ0) is 31.4. The molecule has 1 amide bonds. The van der Waals surface area contributed by atoms with Crippen LogP contribution in [0.4, 0.5) is 0 Å². The smallest absolute Gasteiger partial charge is 0.249 e. The molecule has 0 bridgehead atoms. The summed E-state index contributed by atoms with van der Waals surface area (Å²) in [6.45, 7) is 0.521. The summed E-state index contributed by atoms with van der Waals surface area (Å²) in [6, 6.07) is -2.73. The van der Waals surface area contributed by atoms with Crippen LogP contribution in [0.2, 0.25) is 0 Å². The van der Waals surface area contributed by atoms with Crippen LogP contribution in [-0.4, -0.2) is 143 Å². The van der Waals surface area contributed by atoms with Crippen molar-refractivity contribution in [2.75, 3.05) is 26.2 Å². The summed E-state index contributed by atoms with van der Waals surface area (Å²) in [5.74, 6) is -0.952. The van der Waals surface area contributed by atoms with Crippen LogP contribution in [0.5, 0.6) is 0 Å². The molecule has 0 aromatic carbocycles. The summed E-state index contributed by atoms with van der Waals surface area (Å²) in [5.41, 5.74) is 30.1. The number of nitrogens with two attached hydrogens (primary N) is 5. The van der Waals surface area contributed by atoms with E-state index in [1.165, 1.54) is 0 Å². The standard InChI is InChI=1S/C27H53N7O9/c28-4-3-17(36)26(40)34-16-7-14(31)19(22(38)25(16)43-27-23(39)20(32)21(37)18(10-35)42-27)24-15(2-1-13(8-29)41-24)33-9-11-5-12(30)6-11/h11-25,27,33,35-39H,1-10,28-32H2,(H,34,40)/t11?,12?,13-,14-,15+,16+,17-,18+,19?,20-,21+,22-,23+,24-,25-,27+/m0/s1. The van der Waals surface area contributed by atoms with E-state index in [4.69, 9.17) is 42.9 Å². The SMILES string of the molecule is NCC[C@H](O)C(=O)N[C@@H]1C[C@H](N)C([C@H]2O[C@H](CN)CC[C@H]2NCC2CC(N)C2)[C@H](O)[C@H]1O[C@H]1O[C@H](CO)[C@@H](O)[C@H](N)[C@H]1O. The van der Waals surface area contributed by atoms with E-state index in [-0.39, 0.29) is 37.6 Å². The van der Waals surface area contributed by atoms with Crippen LogP contribution in [0.25, 0.3) is 0 Å². The molecule has 2 saturated carbocycles.